The van der Waals surface area contributed by atoms with Gasteiger partial charge >= 0.3 is 0 Å². The summed E-state index contributed by atoms with van der Waals surface area (Å²) in [6.45, 7) is 2.08. The number of nitrogens with zero attached hydrogens (tertiary/aromatic N) is 3. The summed E-state index contributed by atoms with van der Waals surface area (Å²) in [7, 11) is 0. The van der Waals surface area contributed by atoms with Gasteiger partial charge in [0, 0.05) is 11.9 Å². The van der Waals surface area contributed by atoms with Crippen LogP contribution in [0, 0.1) is 6.92 Å². The Balaban J connectivity index is 2.29. The van der Waals surface area contributed by atoms with E-state index in [-0.39, 0.29) is 0 Å². The van der Waals surface area contributed by atoms with Crippen LogP contribution in [-0.4, -0.2) is 14.5 Å². The van der Waals surface area contributed by atoms with Crippen LogP contribution in [0.2, 0.25) is 0 Å². The van der Waals surface area contributed by atoms with Gasteiger partial charge in [0.05, 0.1) is 5.52 Å². The zero-order chi connectivity index (χ0) is 11.8. The standard InChI is InChI=1S/C13H10BrN3/c1-9-4-6-10(7-5-9)17-11-3-2-8-15-12(11)16-13(17)14/h2-8H,1H3. The number of fused-ring (bicyclic) bond motifs is 1. The topological polar surface area (TPSA) is 30.7 Å². The molecule has 2 heterocycles. The molecule has 2 aromatic heterocycles. The first kappa shape index (κ1) is 10.5. The second kappa shape index (κ2) is 3.96. The highest BCUT2D eigenvalue weighted by atomic mass is 79.9. The maximum Gasteiger partial charge on any atom is 0.184 e. The molecule has 0 N–H and O–H groups in total. The molecule has 84 valence electrons. The van der Waals surface area contributed by atoms with Crippen LogP contribution >= 0.6 is 15.9 Å². The van der Waals surface area contributed by atoms with Gasteiger partial charge in [-0.3, -0.25) is 4.57 Å². The third-order valence-corrected chi connectivity index (χ3v) is 3.21. The minimum atomic E-state index is 0.750. The molecule has 4 heteroatoms. The first-order valence-electron chi connectivity index (χ1n) is 5.32. The van der Waals surface area contributed by atoms with Gasteiger partial charge in [0.15, 0.2) is 10.4 Å². The summed E-state index contributed by atoms with van der Waals surface area (Å²) in [5.74, 6) is 0. The van der Waals surface area contributed by atoms with E-state index in [2.05, 4.69) is 57.1 Å². The van der Waals surface area contributed by atoms with Crippen LogP contribution in [0.3, 0.4) is 0 Å². The van der Waals surface area contributed by atoms with Crippen molar-refractivity contribution in [3.8, 4) is 5.69 Å². The van der Waals surface area contributed by atoms with Crippen molar-refractivity contribution < 1.29 is 0 Å². The van der Waals surface area contributed by atoms with Crippen LogP contribution in [0.4, 0.5) is 0 Å². The predicted octanol–water partition coefficient (Wildman–Crippen LogP) is 3.49. The Morgan fingerprint density at radius 1 is 1.12 bits per heavy atom. The van der Waals surface area contributed by atoms with E-state index in [1.807, 2.05) is 16.7 Å². The number of halogens is 1. The lowest BCUT2D eigenvalue weighted by atomic mass is 10.2. The fourth-order valence-corrected chi connectivity index (χ4v) is 2.39. The maximum absolute atomic E-state index is 4.38. The Kier molecular flexibility index (Phi) is 2.44. The molecule has 0 aliphatic heterocycles. The van der Waals surface area contributed by atoms with Crippen molar-refractivity contribution in [3.63, 3.8) is 0 Å². The molecule has 0 saturated carbocycles. The first-order valence-corrected chi connectivity index (χ1v) is 6.11. The van der Waals surface area contributed by atoms with Crippen molar-refractivity contribution in [2.24, 2.45) is 0 Å². The van der Waals surface area contributed by atoms with Crippen LogP contribution in [0.5, 0.6) is 0 Å². The minimum Gasteiger partial charge on any atom is -0.285 e. The number of aromatic nitrogens is 3. The largest absolute Gasteiger partial charge is 0.285 e. The summed E-state index contributed by atoms with van der Waals surface area (Å²) in [6, 6.07) is 12.3. The SMILES string of the molecule is Cc1ccc(-n2c(Br)nc3ncccc32)cc1. The number of rotatable bonds is 1. The van der Waals surface area contributed by atoms with Crippen LogP contribution in [-0.2, 0) is 0 Å². The third-order valence-electron chi connectivity index (χ3n) is 2.68. The van der Waals surface area contributed by atoms with Crippen LogP contribution in [0.1, 0.15) is 5.56 Å². The molecule has 0 aliphatic carbocycles. The lowest BCUT2D eigenvalue weighted by Gasteiger charge is -2.05. The Labute approximate surface area is 107 Å². The predicted molar refractivity (Wildman–Crippen MR) is 71.3 cm³/mol. The number of pyridine rings is 1. The quantitative estimate of drug-likeness (QED) is 0.686. The number of benzene rings is 1. The lowest BCUT2D eigenvalue weighted by molar-refractivity contribution is 1.04. The van der Waals surface area contributed by atoms with Crippen molar-refractivity contribution in [2.75, 3.05) is 0 Å². The molecule has 3 rings (SSSR count). The summed E-state index contributed by atoms with van der Waals surface area (Å²) < 4.78 is 2.82. The smallest absolute Gasteiger partial charge is 0.184 e. The van der Waals surface area contributed by atoms with Gasteiger partial charge in [-0.15, -0.1) is 0 Å². The maximum atomic E-state index is 4.38. The molecule has 0 aliphatic rings. The zero-order valence-corrected chi connectivity index (χ0v) is 10.8. The van der Waals surface area contributed by atoms with Crippen molar-refractivity contribution in [1.82, 2.24) is 14.5 Å². The van der Waals surface area contributed by atoms with Crippen LogP contribution < -0.4 is 0 Å². The molecule has 0 spiro atoms. The fraction of sp³-hybridized carbons (Fsp3) is 0.0769. The summed E-state index contributed by atoms with van der Waals surface area (Å²) >= 11 is 3.48. The van der Waals surface area contributed by atoms with Crippen molar-refractivity contribution in [2.45, 2.75) is 6.92 Å². The molecule has 0 atom stereocenters. The highest BCUT2D eigenvalue weighted by Gasteiger charge is 2.10. The summed E-state index contributed by atoms with van der Waals surface area (Å²) in [5, 5.41) is 0. The number of aryl methyl sites for hydroxylation is 1. The van der Waals surface area contributed by atoms with Gasteiger partial charge in [-0.1, -0.05) is 17.7 Å². The molecule has 0 bridgehead atoms. The molecular formula is C13H10BrN3. The van der Waals surface area contributed by atoms with Gasteiger partial charge in [-0.2, -0.15) is 0 Å². The molecule has 0 unspecified atom stereocenters. The minimum absolute atomic E-state index is 0.750. The summed E-state index contributed by atoms with van der Waals surface area (Å²) in [4.78, 5) is 8.62. The zero-order valence-electron chi connectivity index (χ0n) is 9.26. The third kappa shape index (κ3) is 1.74. The van der Waals surface area contributed by atoms with Gasteiger partial charge in [-0.05, 0) is 47.1 Å². The molecule has 0 fully saturated rings. The average Bonchev–Trinajstić information content (AvgIpc) is 2.66. The van der Waals surface area contributed by atoms with E-state index in [0.717, 1.165) is 21.6 Å². The molecule has 1 aromatic carbocycles. The summed E-state index contributed by atoms with van der Waals surface area (Å²) in [5.41, 5.74) is 4.08. The Bertz CT molecular complexity index is 671. The highest BCUT2D eigenvalue weighted by molar-refractivity contribution is 9.10. The van der Waals surface area contributed by atoms with Crippen LogP contribution in [0.15, 0.2) is 47.3 Å². The Morgan fingerprint density at radius 3 is 2.65 bits per heavy atom. The molecule has 3 aromatic rings. The fourth-order valence-electron chi connectivity index (χ4n) is 1.83. The van der Waals surface area contributed by atoms with Gasteiger partial charge in [0.2, 0.25) is 0 Å². The van der Waals surface area contributed by atoms with Gasteiger partial charge in [-0.25, -0.2) is 9.97 Å². The van der Waals surface area contributed by atoms with Crippen molar-refractivity contribution in [3.05, 3.63) is 52.9 Å². The van der Waals surface area contributed by atoms with E-state index in [1.165, 1.54) is 5.56 Å². The van der Waals surface area contributed by atoms with E-state index >= 15 is 0 Å². The second-order valence-electron chi connectivity index (χ2n) is 3.90. The van der Waals surface area contributed by atoms with E-state index in [0.29, 0.717) is 0 Å². The van der Waals surface area contributed by atoms with Gasteiger partial charge in [0.25, 0.3) is 0 Å². The lowest BCUT2D eigenvalue weighted by Crippen LogP contribution is -1.94. The summed E-state index contributed by atoms with van der Waals surface area (Å²) in [6.07, 6.45) is 1.75. The first-order chi connectivity index (χ1) is 8.25. The molecule has 3 nitrogen and oxygen atoms in total. The monoisotopic (exact) mass is 287 g/mol. The molecule has 0 radical (unpaired) electrons. The number of imidazole rings is 1. The Hall–Kier alpha value is -1.68. The normalized spacial score (nSPS) is 10.9. The highest BCUT2D eigenvalue weighted by Crippen LogP contribution is 2.23. The van der Waals surface area contributed by atoms with Crippen LogP contribution in [0.25, 0.3) is 16.9 Å². The van der Waals surface area contributed by atoms with E-state index < -0.39 is 0 Å². The molecule has 0 amide bonds. The van der Waals surface area contributed by atoms with Crippen molar-refractivity contribution in [1.29, 1.82) is 0 Å². The molecule has 17 heavy (non-hydrogen) atoms. The second-order valence-corrected chi connectivity index (χ2v) is 4.61. The molecular weight excluding hydrogens is 278 g/mol. The van der Waals surface area contributed by atoms with E-state index in [1.54, 1.807) is 6.20 Å². The average molecular weight is 288 g/mol. The van der Waals surface area contributed by atoms with Crippen molar-refractivity contribution >= 4 is 27.1 Å². The Morgan fingerprint density at radius 2 is 1.88 bits per heavy atom. The molecule has 0 saturated heterocycles. The number of hydrogen-bond donors (Lipinski definition) is 0. The van der Waals surface area contributed by atoms with E-state index in [4.69, 9.17) is 0 Å². The van der Waals surface area contributed by atoms with Gasteiger partial charge in [0.1, 0.15) is 0 Å². The van der Waals surface area contributed by atoms with E-state index in [9.17, 15) is 0 Å². The van der Waals surface area contributed by atoms with Gasteiger partial charge < -0.3 is 0 Å². The number of hydrogen-bond acceptors (Lipinski definition) is 2.